The summed E-state index contributed by atoms with van der Waals surface area (Å²) >= 11 is 0. The highest BCUT2D eigenvalue weighted by atomic mass is 14.9. The second-order valence-corrected chi connectivity index (χ2v) is 7.59. The maximum absolute atomic E-state index is 4.91. The van der Waals surface area contributed by atoms with E-state index in [9.17, 15) is 0 Å². The average molecular weight is 399 g/mol. The van der Waals surface area contributed by atoms with Crippen LogP contribution in [0, 0.1) is 6.92 Å². The van der Waals surface area contributed by atoms with Crippen LogP contribution >= 0.6 is 0 Å². The van der Waals surface area contributed by atoms with Crippen molar-refractivity contribution in [2.45, 2.75) is 6.92 Å². The van der Waals surface area contributed by atoms with Gasteiger partial charge in [-0.25, -0.2) is 9.97 Å². The van der Waals surface area contributed by atoms with E-state index in [4.69, 9.17) is 9.97 Å². The Bertz CT molecular complexity index is 1250. The van der Waals surface area contributed by atoms with Crippen LogP contribution < -0.4 is 0 Å². The van der Waals surface area contributed by atoms with E-state index in [0.29, 0.717) is 0 Å². The molecule has 5 aromatic rings. The summed E-state index contributed by atoms with van der Waals surface area (Å²) in [4.78, 5) is 9.82. The molecule has 0 amide bonds. The predicted octanol–water partition coefficient (Wildman–Crippen LogP) is 7.45. The molecule has 1 heterocycles. The van der Waals surface area contributed by atoms with Crippen molar-refractivity contribution in [3.8, 4) is 45.0 Å². The summed E-state index contributed by atoms with van der Waals surface area (Å²) in [5, 5.41) is 0. The second kappa shape index (κ2) is 8.37. The molecule has 1 aromatic heterocycles. The Morgan fingerprint density at radius 2 is 0.935 bits per heavy atom. The molecular weight excluding hydrogens is 376 g/mol. The van der Waals surface area contributed by atoms with E-state index in [1.165, 1.54) is 16.7 Å². The van der Waals surface area contributed by atoms with Crippen molar-refractivity contribution in [2.24, 2.45) is 0 Å². The minimum atomic E-state index is 0.733. The van der Waals surface area contributed by atoms with E-state index in [-0.39, 0.29) is 0 Å². The van der Waals surface area contributed by atoms with E-state index in [1.807, 2.05) is 36.4 Å². The predicted molar refractivity (Wildman–Crippen MR) is 129 cm³/mol. The van der Waals surface area contributed by atoms with Crippen molar-refractivity contribution >= 4 is 0 Å². The smallest absolute Gasteiger partial charge is 0.160 e. The highest BCUT2D eigenvalue weighted by Gasteiger charge is 2.11. The van der Waals surface area contributed by atoms with Crippen molar-refractivity contribution in [2.75, 3.05) is 0 Å². The monoisotopic (exact) mass is 398 g/mol. The van der Waals surface area contributed by atoms with Gasteiger partial charge in [0, 0.05) is 16.7 Å². The Morgan fingerprint density at radius 3 is 1.48 bits per heavy atom. The number of hydrogen-bond donors (Lipinski definition) is 0. The Kier molecular flexibility index (Phi) is 5.12. The molecule has 31 heavy (non-hydrogen) atoms. The first-order valence-corrected chi connectivity index (χ1v) is 10.4. The maximum Gasteiger partial charge on any atom is 0.160 e. The van der Waals surface area contributed by atoms with Crippen LogP contribution in [0.15, 0.2) is 115 Å². The number of aromatic nitrogens is 2. The SMILES string of the molecule is Cc1ccccc1-c1ccc(-c2nc(-c3ccccc3)cc(-c3ccccc3)n2)cc1. The lowest BCUT2D eigenvalue weighted by Gasteiger charge is -2.10. The molecule has 0 aliphatic carbocycles. The van der Waals surface area contributed by atoms with Gasteiger partial charge in [-0.05, 0) is 29.7 Å². The molecule has 0 atom stereocenters. The molecule has 2 heteroatoms. The molecule has 148 valence electrons. The quantitative estimate of drug-likeness (QED) is 0.314. The number of nitrogens with zero attached hydrogens (tertiary/aromatic N) is 2. The van der Waals surface area contributed by atoms with Gasteiger partial charge in [-0.3, -0.25) is 0 Å². The Morgan fingerprint density at radius 1 is 0.452 bits per heavy atom. The van der Waals surface area contributed by atoms with Crippen molar-refractivity contribution in [3.63, 3.8) is 0 Å². The van der Waals surface area contributed by atoms with E-state index in [2.05, 4.69) is 85.8 Å². The molecule has 0 spiro atoms. The highest BCUT2D eigenvalue weighted by molar-refractivity contribution is 5.74. The van der Waals surface area contributed by atoms with Gasteiger partial charge in [0.2, 0.25) is 0 Å². The molecule has 0 N–H and O–H groups in total. The van der Waals surface area contributed by atoms with Gasteiger partial charge in [-0.15, -0.1) is 0 Å². The van der Waals surface area contributed by atoms with Gasteiger partial charge in [-0.1, -0.05) is 109 Å². The Labute approximate surface area is 182 Å². The molecule has 5 rings (SSSR count). The van der Waals surface area contributed by atoms with E-state index in [0.717, 1.165) is 33.9 Å². The molecule has 4 aromatic carbocycles. The van der Waals surface area contributed by atoms with Gasteiger partial charge >= 0.3 is 0 Å². The van der Waals surface area contributed by atoms with Crippen molar-refractivity contribution < 1.29 is 0 Å². The second-order valence-electron chi connectivity index (χ2n) is 7.59. The summed E-state index contributed by atoms with van der Waals surface area (Å²) in [6.07, 6.45) is 0. The normalized spacial score (nSPS) is 10.7. The molecule has 2 nitrogen and oxygen atoms in total. The van der Waals surface area contributed by atoms with Gasteiger partial charge in [0.15, 0.2) is 5.82 Å². The molecule has 0 radical (unpaired) electrons. The van der Waals surface area contributed by atoms with Crippen LogP contribution in [-0.4, -0.2) is 9.97 Å². The fourth-order valence-corrected chi connectivity index (χ4v) is 3.79. The first-order valence-electron chi connectivity index (χ1n) is 10.4. The van der Waals surface area contributed by atoms with Gasteiger partial charge in [0.05, 0.1) is 11.4 Å². The zero-order valence-electron chi connectivity index (χ0n) is 17.4. The molecule has 0 bridgehead atoms. The zero-order chi connectivity index (χ0) is 21.0. The number of benzene rings is 4. The van der Waals surface area contributed by atoms with Crippen LogP contribution in [0.2, 0.25) is 0 Å². The maximum atomic E-state index is 4.91. The third kappa shape index (κ3) is 4.01. The summed E-state index contributed by atoms with van der Waals surface area (Å²) in [6.45, 7) is 2.14. The van der Waals surface area contributed by atoms with Crippen LogP contribution in [-0.2, 0) is 0 Å². The summed E-state index contributed by atoms with van der Waals surface area (Å²) in [5.74, 6) is 0.733. The molecule has 0 aliphatic heterocycles. The molecule has 0 saturated carbocycles. The van der Waals surface area contributed by atoms with Gasteiger partial charge in [0.25, 0.3) is 0 Å². The van der Waals surface area contributed by atoms with Gasteiger partial charge in [-0.2, -0.15) is 0 Å². The van der Waals surface area contributed by atoms with Crippen molar-refractivity contribution in [1.82, 2.24) is 9.97 Å². The summed E-state index contributed by atoms with van der Waals surface area (Å²) in [6, 6.07) is 39.6. The van der Waals surface area contributed by atoms with E-state index >= 15 is 0 Å². The Balaban J connectivity index is 1.61. The average Bonchev–Trinajstić information content (AvgIpc) is 2.85. The lowest BCUT2D eigenvalue weighted by Crippen LogP contribution is -1.96. The third-order valence-corrected chi connectivity index (χ3v) is 5.46. The van der Waals surface area contributed by atoms with E-state index < -0.39 is 0 Å². The fourth-order valence-electron chi connectivity index (χ4n) is 3.79. The minimum Gasteiger partial charge on any atom is -0.228 e. The van der Waals surface area contributed by atoms with Crippen LogP contribution in [0.4, 0.5) is 0 Å². The Hall–Kier alpha value is -4.04. The molecular formula is C29H22N2. The van der Waals surface area contributed by atoms with Crippen molar-refractivity contribution in [1.29, 1.82) is 0 Å². The standard InChI is InChI=1S/C29H22N2/c1-21-10-8-9-15-26(21)22-16-18-25(19-17-22)29-30-27(23-11-4-2-5-12-23)20-28(31-29)24-13-6-3-7-14-24/h2-20H,1H3. The topological polar surface area (TPSA) is 25.8 Å². The van der Waals surface area contributed by atoms with Crippen LogP contribution in [0.5, 0.6) is 0 Å². The number of rotatable bonds is 4. The summed E-state index contributed by atoms with van der Waals surface area (Å²) < 4.78 is 0. The zero-order valence-corrected chi connectivity index (χ0v) is 17.4. The fraction of sp³-hybridized carbons (Fsp3) is 0.0345. The lowest BCUT2D eigenvalue weighted by molar-refractivity contribution is 1.18. The molecule has 0 aliphatic rings. The first-order chi connectivity index (χ1) is 15.3. The third-order valence-electron chi connectivity index (χ3n) is 5.46. The molecule has 0 unspecified atom stereocenters. The van der Waals surface area contributed by atoms with Crippen LogP contribution in [0.3, 0.4) is 0 Å². The van der Waals surface area contributed by atoms with E-state index in [1.54, 1.807) is 0 Å². The molecule has 0 saturated heterocycles. The van der Waals surface area contributed by atoms with Crippen LogP contribution in [0.1, 0.15) is 5.56 Å². The van der Waals surface area contributed by atoms with Crippen molar-refractivity contribution in [3.05, 3.63) is 121 Å². The minimum absolute atomic E-state index is 0.733. The summed E-state index contributed by atoms with van der Waals surface area (Å²) in [7, 11) is 0. The summed E-state index contributed by atoms with van der Waals surface area (Å²) in [5.41, 5.74) is 8.73. The van der Waals surface area contributed by atoms with Gasteiger partial charge in [0.1, 0.15) is 0 Å². The first kappa shape index (κ1) is 19.0. The number of aryl methyl sites for hydroxylation is 1. The molecule has 0 fully saturated rings. The number of hydrogen-bond acceptors (Lipinski definition) is 2. The van der Waals surface area contributed by atoms with Crippen LogP contribution in [0.25, 0.3) is 45.0 Å². The van der Waals surface area contributed by atoms with Gasteiger partial charge < -0.3 is 0 Å². The lowest BCUT2D eigenvalue weighted by atomic mass is 9.99. The highest BCUT2D eigenvalue weighted by Crippen LogP contribution is 2.29. The largest absolute Gasteiger partial charge is 0.228 e.